The van der Waals surface area contributed by atoms with Crippen molar-refractivity contribution in [3.63, 3.8) is 0 Å². The van der Waals surface area contributed by atoms with Crippen LogP contribution in [0.15, 0.2) is 51.9 Å². The predicted molar refractivity (Wildman–Crippen MR) is 117 cm³/mol. The minimum Gasteiger partial charge on any atom is -0.497 e. The van der Waals surface area contributed by atoms with Crippen LogP contribution >= 0.6 is 11.6 Å². The number of hydrogen-bond donors (Lipinski definition) is 1. The topological polar surface area (TPSA) is 82.3 Å². The average molecular weight is 443 g/mol. The smallest absolute Gasteiger partial charge is 0.256 e. The Bertz CT molecular complexity index is 1170. The Morgan fingerprint density at radius 3 is 2.81 bits per heavy atom. The van der Waals surface area contributed by atoms with E-state index in [9.17, 15) is 4.79 Å². The number of nitrogens with zero attached hydrogens (tertiary/aromatic N) is 1. The van der Waals surface area contributed by atoms with E-state index in [2.05, 4.69) is 10.3 Å². The molecule has 1 fully saturated rings. The first-order valence-electron chi connectivity index (χ1n) is 9.97. The van der Waals surface area contributed by atoms with Crippen LogP contribution in [-0.2, 0) is 4.74 Å². The van der Waals surface area contributed by atoms with Crippen molar-refractivity contribution >= 4 is 34.2 Å². The first kappa shape index (κ1) is 21.2. The summed E-state index contributed by atoms with van der Waals surface area (Å²) in [4.78, 5) is 17.6. The highest BCUT2D eigenvalue weighted by Gasteiger charge is 2.19. The number of halogens is 1. The van der Waals surface area contributed by atoms with Gasteiger partial charge in [0.2, 0.25) is 5.55 Å². The van der Waals surface area contributed by atoms with Crippen molar-refractivity contribution in [2.24, 2.45) is 4.99 Å². The summed E-state index contributed by atoms with van der Waals surface area (Å²) in [5, 5.41) is 4.18. The second-order valence-corrected chi connectivity index (χ2v) is 7.58. The molecule has 31 heavy (non-hydrogen) atoms. The fourth-order valence-electron chi connectivity index (χ4n) is 3.44. The first-order chi connectivity index (χ1) is 15.1. The van der Waals surface area contributed by atoms with Crippen molar-refractivity contribution in [3.8, 4) is 11.5 Å². The lowest BCUT2D eigenvalue weighted by molar-refractivity contribution is 0.0854. The molecule has 1 N–H and O–H groups in total. The zero-order chi connectivity index (χ0) is 21.8. The van der Waals surface area contributed by atoms with Crippen LogP contribution in [0.3, 0.4) is 0 Å². The highest BCUT2D eigenvalue weighted by atomic mass is 35.5. The molecule has 0 saturated carbocycles. The van der Waals surface area contributed by atoms with Gasteiger partial charge >= 0.3 is 0 Å². The van der Waals surface area contributed by atoms with Crippen molar-refractivity contribution in [3.05, 3.63) is 58.6 Å². The Hall–Kier alpha value is -3.03. The average Bonchev–Trinajstić information content (AvgIpc) is 3.31. The SMILES string of the molecule is COc1ccc(/N=c2\oc3ccc(Cl)cc3cc2C(=O)NCC2CCCO2)c(OC)c1. The highest BCUT2D eigenvalue weighted by molar-refractivity contribution is 6.31. The number of amides is 1. The third-order valence-corrected chi connectivity index (χ3v) is 5.31. The molecule has 4 rings (SSSR count). The molecule has 2 aromatic carbocycles. The van der Waals surface area contributed by atoms with E-state index in [1.807, 2.05) is 0 Å². The van der Waals surface area contributed by atoms with Crippen molar-refractivity contribution in [1.29, 1.82) is 0 Å². The van der Waals surface area contributed by atoms with E-state index in [4.69, 9.17) is 30.2 Å². The molecule has 0 radical (unpaired) electrons. The van der Waals surface area contributed by atoms with Gasteiger partial charge in [-0.2, -0.15) is 0 Å². The van der Waals surface area contributed by atoms with Gasteiger partial charge in [-0.3, -0.25) is 4.79 Å². The lowest BCUT2D eigenvalue weighted by Gasteiger charge is -2.11. The minimum absolute atomic E-state index is 0.0258. The fourth-order valence-corrected chi connectivity index (χ4v) is 3.62. The van der Waals surface area contributed by atoms with Gasteiger partial charge < -0.3 is 23.9 Å². The van der Waals surface area contributed by atoms with Crippen LogP contribution < -0.4 is 20.3 Å². The Balaban J connectivity index is 1.78. The molecule has 1 amide bonds. The summed E-state index contributed by atoms with van der Waals surface area (Å²) in [6.45, 7) is 1.15. The lowest BCUT2D eigenvalue weighted by atomic mass is 10.1. The zero-order valence-electron chi connectivity index (χ0n) is 17.3. The zero-order valence-corrected chi connectivity index (χ0v) is 18.1. The molecule has 1 aromatic heterocycles. The summed E-state index contributed by atoms with van der Waals surface area (Å²) in [7, 11) is 3.12. The summed E-state index contributed by atoms with van der Waals surface area (Å²) < 4.78 is 22.3. The Kier molecular flexibility index (Phi) is 6.44. The van der Waals surface area contributed by atoms with Crippen molar-refractivity contribution < 1.29 is 23.4 Å². The molecule has 1 aliphatic heterocycles. The normalized spacial score (nSPS) is 16.5. The van der Waals surface area contributed by atoms with Crippen LogP contribution in [0.1, 0.15) is 23.2 Å². The maximum atomic E-state index is 13.0. The molecule has 1 saturated heterocycles. The van der Waals surface area contributed by atoms with E-state index in [1.165, 1.54) is 0 Å². The van der Waals surface area contributed by atoms with Crippen LogP contribution in [0.5, 0.6) is 11.5 Å². The molecule has 1 atom stereocenters. The summed E-state index contributed by atoms with van der Waals surface area (Å²) in [5.41, 5.74) is 1.54. The predicted octanol–water partition coefficient (Wildman–Crippen LogP) is 4.24. The Labute approximate surface area is 184 Å². The van der Waals surface area contributed by atoms with Crippen molar-refractivity contribution in [2.45, 2.75) is 18.9 Å². The quantitative estimate of drug-likeness (QED) is 0.617. The third kappa shape index (κ3) is 4.84. The maximum Gasteiger partial charge on any atom is 0.256 e. The molecular formula is C23H23ClN2O5. The number of benzene rings is 2. The van der Waals surface area contributed by atoms with E-state index in [0.29, 0.717) is 45.3 Å². The number of rotatable bonds is 6. The maximum absolute atomic E-state index is 13.0. The van der Waals surface area contributed by atoms with Crippen LogP contribution in [0.25, 0.3) is 11.0 Å². The number of ether oxygens (including phenoxy) is 3. The molecule has 3 aromatic rings. The number of nitrogens with one attached hydrogen (secondary N) is 1. The van der Waals surface area contributed by atoms with Crippen molar-refractivity contribution in [2.75, 3.05) is 27.4 Å². The summed E-state index contributed by atoms with van der Waals surface area (Å²) in [6, 6.07) is 12.2. The number of carbonyl (C=O) groups excluding carboxylic acids is 1. The number of carbonyl (C=O) groups is 1. The summed E-state index contributed by atoms with van der Waals surface area (Å²) in [5.74, 6) is 0.833. The van der Waals surface area contributed by atoms with Gasteiger partial charge in [-0.05, 0) is 49.2 Å². The molecule has 7 nitrogen and oxygen atoms in total. The van der Waals surface area contributed by atoms with Crippen LogP contribution in [0, 0.1) is 0 Å². The third-order valence-electron chi connectivity index (χ3n) is 5.08. The van der Waals surface area contributed by atoms with Gasteiger partial charge in [0.1, 0.15) is 28.3 Å². The second-order valence-electron chi connectivity index (χ2n) is 7.14. The van der Waals surface area contributed by atoms with Crippen LogP contribution in [0.2, 0.25) is 5.02 Å². The van der Waals surface area contributed by atoms with Gasteiger partial charge in [-0.25, -0.2) is 4.99 Å². The molecular weight excluding hydrogens is 420 g/mol. The molecule has 2 heterocycles. The van der Waals surface area contributed by atoms with E-state index >= 15 is 0 Å². The molecule has 0 spiro atoms. The van der Waals surface area contributed by atoms with Gasteiger partial charge in [0.15, 0.2) is 0 Å². The molecule has 0 aliphatic carbocycles. The standard InChI is InChI=1S/C23H23ClN2O5/c1-28-16-6-7-19(21(12-16)29-2)26-23-18(22(27)25-13-17-4-3-9-30-17)11-14-10-15(24)5-8-20(14)31-23/h5-8,10-12,17H,3-4,9,13H2,1-2H3,(H,25,27)/b26-23-. The van der Waals surface area contributed by atoms with Gasteiger partial charge in [-0.1, -0.05) is 11.6 Å². The first-order valence-corrected chi connectivity index (χ1v) is 10.3. The minimum atomic E-state index is -0.299. The Morgan fingerprint density at radius 1 is 1.19 bits per heavy atom. The van der Waals surface area contributed by atoms with Gasteiger partial charge in [0.25, 0.3) is 5.91 Å². The summed E-state index contributed by atoms with van der Waals surface area (Å²) >= 11 is 6.12. The molecule has 1 unspecified atom stereocenters. The second kappa shape index (κ2) is 9.41. The Morgan fingerprint density at radius 2 is 2.06 bits per heavy atom. The lowest BCUT2D eigenvalue weighted by Crippen LogP contribution is -2.34. The number of methoxy groups -OCH3 is 2. The van der Waals surface area contributed by atoms with E-state index in [1.54, 1.807) is 56.7 Å². The van der Waals surface area contributed by atoms with Crippen molar-refractivity contribution in [1.82, 2.24) is 5.32 Å². The monoisotopic (exact) mass is 442 g/mol. The highest BCUT2D eigenvalue weighted by Crippen LogP contribution is 2.31. The number of hydrogen-bond acceptors (Lipinski definition) is 6. The van der Waals surface area contributed by atoms with Gasteiger partial charge in [-0.15, -0.1) is 0 Å². The molecule has 0 bridgehead atoms. The molecule has 1 aliphatic rings. The fraction of sp³-hybridized carbons (Fsp3) is 0.304. The summed E-state index contributed by atoms with van der Waals surface area (Å²) in [6.07, 6.45) is 1.96. The van der Waals surface area contributed by atoms with E-state index < -0.39 is 0 Å². The number of fused-ring (bicyclic) bond motifs is 1. The van der Waals surface area contributed by atoms with Crippen LogP contribution in [0.4, 0.5) is 5.69 Å². The molecule has 8 heteroatoms. The van der Waals surface area contributed by atoms with Gasteiger partial charge in [0, 0.05) is 29.6 Å². The van der Waals surface area contributed by atoms with Gasteiger partial charge in [0.05, 0.1) is 20.3 Å². The van der Waals surface area contributed by atoms with E-state index in [0.717, 1.165) is 19.4 Å². The van der Waals surface area contributed by atoms with Crippen LogP contribution in [-0.4, -0.2) is 39.4 Å². The molecule has 162 valence electrons. The largest absolute Gasteiger partial charge is 0.497 e. The van der Waals surface area contributed by atoms with E-state index in [-0.39, 0.29) is 17.6 Å².